The van der Waals surface area contributed by atoms with Crippen LogP contribution in [0.1, 0.15) is 24.8 Å². The number of aryl methyl sites for hydroxylation is 1. The maximum Gasteiger partial charge on any atom is 0.311 e. The summed E-state index contributed by atoms with van der Waals surface area (Å²) in [4.78, 5) is 25.9. The number of carboxylic acid groups (broad SMARTS) is 1. The number of hydrogen-bond acceptors (Lipinski definition) is 4. The second kappa shape index (κ2) is 7.44. The predicted octanol–water partition coefficient (Wildman–Crippen LogP) is 2.10. The molecule has 1 N–H and O–H groups in total. The summed E-state index contributed by atoms with van der Waals surface area (Å²) in [6.45, 7) is 4.11. The lowest BCUT2D eigenvalue weighted by Crippen LogP contribution is -2.45. The zero-order valence-electron chi connectivity index (χ0n) is 14.6. The molecule has 136 valence electrons. The molecule has 2 saturated heterocycles. The van der Waals surface area contributed by atoms with E-state index in [0.29, 0.717) is 52.2 Å². The van der Waals surface area contributed by atoms with Crippen LogP contribution in [-0.4, -0.2) is 54.8 Å². The van der Waals surface area contributed by atoms with Gasteiger partial charge in [-0.1, -0.05) is 18.2 Å². The lowest BCUT2D eigenvalue weighted by atomic mass is 9.74. The van der Waals surface area contributed by atoms with E-state index in [9.17, 15) is 14.7 Å². The van der Waals surface area contributed by atoms with Crippen LogP contribution in [0.4, 0.5) is 0 Å². The topological polar surface area (TPSA) is 76.1 Å². The molecule has 0 unspecified atom stereocenters. The van der Waals surface area contributed by atoms with E-state index in [1.807, 2.05) is 31.2 Å². The normalized spacial score (nSPS) is 25.5. The van der Waals surface area contributed by atoms with Crippen molar-refractivity contribution in [3.8, 4) is 5.75 Å². The van der Waals surface area contributed by atoms with Crippen LogP contribution in [-0.2, 0) is 14.3 Å². The van der Waals surface area contributed by atoms with Gasteiger partial charge in [0.2, 0.25) is 5.91 Å². The van der Waals surface area contributed by atoms with Crippen molar-refractivity contribution in [2.45, 2.75) is 26.2 Å². The number of benzene rings is 1. The van der Waals surface area contributed by atoms with E-state index >= 15 is 0 Å². The van der Waals surface area contributed by atoms with Crippen molar-refractivity contribution in [2.75, 3.05) is 32.9 Å². The van der Waals surface area contributed by atoms with Crippen LogP contribution in [0.25, 0.3) is 0 Å². The summed E-state index contributed by atoms with van der Waals surface area (Å²) in [5.41, 5.74) is 0.242. The molecule has 25 heavy (non-hydrogen) atoms. The molecule has 6 nitrogen and oxygen atoms in total. The second-order valence-corrected chi connectivity index (χ2v) is 6.97. The fourth-order valence-electron chi connectivity index (χ4n) is 3.77. The molecule has 1 aromatic carbocycles. The molecule has 0 radical (unpaired) electrons. The zero-order chi connectivity index (χ0) is 17.9. The van der Waals surface area contributed by atoms with Crippen LogP contribution < -0.4 is 4.74 Å². The zero-order valence-corrected chi connectivity index (χ0v) is 14.6. The van der Waals surface area contributed by atoms with E-state index in [1.165, 1.54) is 0 Å². The Morgan fingerprint density at radius 2 is 2.20 bits per heavy atom. The number of carboxylic acids is 1. The number of ether oxygens (including phenoxy) is 2. The molecule has 0 bridgehead atoms. The summed E-state index contributed by atoms with van der Waals surface area (Å²) >= 11 is 0. The molecule has 1 amide bonds. The van der Waals surface area contributed by atoms with Crippen molar-refractivity contribution in [1.82, 2.24) is 4.90 Å². The van der Waals surface area contributed by atoms with Crippen molar-refractivity contribution in [3.63, 3.8) is 0 Å². The third kappa shape index (κ3) is 3.63. The first-order valence-electron chi connectivity index (χ1n) is 8.80. The van der Waals surface area contributed by atoms with Crippen LogP contribution >= 0.6 is 0 Å². The molecule has 6 heteroatoms. The molecular weight excluding hydrogens is 322 g/mol. The minimum absolute atomic E-state index is 0.00316. The van der Waals surface area contributed by atoms with Gasteiger partial charge in [-0.2, -0.15) is 0 Å². The van der Waals surface area contributed by atoms with Crippen LogP contribution in [0, 0.1) is 18.3 Å². The summed E-state index contributed by atoms with van der Waals surface area (Å²) < 4.78 is 11.1. The number of nitrogens with zero attached hydrogens (tertiary/aromatic N) is 1. The van der Waals surface area contributed by atoms with E-state index in [4.69, 9.17) is 9.47 Å². The summed E-state index contributed by atoms with van der Waals surface area (Å²) in [5, 5.41) is 9.65. The summed E-state index contributed by atoms with van der Waals surface area (Å²) in [5.74, 6) is -0.0718. The summed E-state index contributed by atoms with van der Waals surface area (Å²) in [6, 6.07) is 7.78. The van der Waals surface area contributed by atoms with Crippen molar-refractivity contribution >= 4 is 11.9 Å². The molecule has 2 fully saturated rings. The first kappa shape index (κ1) is 17.7. The molecule has 2 aliphatic heterocycles. The Morgan fingerprint density at radius 3 is 2.92 bits per heavy atom. The molecule has 0 aliphatic carbocycles. The second-order valence-electron chi connectivity index (χ2n) is 6.97. The van der Waals surface area contributed by atoms with Crippen LogP contribution in [0.3, 0.4) is 0 Å². The minimum atomic E-state index is -0.828. The van der Waals surface area contributed by atoms with Gasteiger partial charge < -0.3 is 19.5 Å². The maximum absolute atomic E-state index is 12.5. The first-order valence-corrected chi connectivity index (χ1v) is 8.80. The number of amides is 1. The molecule has 3 rings (SSSR count). The van der Waals surface area contributed by atoms with Crippen molar-refractivity contribution in [2.24, 2.45) is 11.3 Å². The smallest absolute Gasteiger partial charge is 0.311 e. The van der Waals surface area contributed by atoms with E-state index in [0.717, 1.165) is 11.3 Å². The largest absolute Gasteiger partial charge is 0.493 e. The van der Waals surface area contributed by atoms with Crippen LogP contribution in [0.5, 0.6) is 5.75 Å². The van der Waals surface area contributed by atoms with Crippen molar-refractivity contribution < 1.29 is 24.2 Å². The summed E-state index contributed by atoms with van der Waals surface area (Å²) in [6.07, 6.45) is 1.47. The quantitative estimate of drug-likeness (QED) is 0.798. The minimum Gasteiger partial charge on any atom is -0.493 e. The van der Waals surface area contributed by atoms with Gasteiger partial charge in [-0.15, -0.1) is 0 Å². The van der Waals surface area contributed by atoms with Gasteiger partial charge in [0.05, 0.1) is 18.6 Å². The third-order valence-corrected chi connectivity index (χ3v) is 5.37. The number of hydrogen-bond donors (Lipinski definition) is 1. The van der Waals surface area contributed by atoms with Gasteiger partial charge >= 0.3 is 5.97 Å². The molecule has 0 aromatic heterocycles. The van der Waals surface area contributed by atoms with E-state index in [1.54, 1.807) is 4.90 Å². The fraction of sp³-hybridized carbons (Fsp3) is 0.579. The van der Waals surface area contributed by atoms with E-state index in [-0.39, 0.29) is 11.8 Å². The van der Waals surface area contributed by atoms with Gasteiger partial charge in [-0.05, 0) is 31.4 Å². The first-order chi connectivity index (χ1) is 12.0. The molecule has 0 spiro atoms. The Morgan fingerprint density at radius 1 is 1.40 bits per heavy atom. The molecule has 2 heterocycles. The Kier molecular flexibility index (Phi) is 5.27. The average molecular weight is 347 g/mol. The van der Waals surface area contributed by atoms with E-state index in [2.05, 4.69) is 0 Å². The predicted molar refractivity (Wildman–Crippen MR) is 91.5 cm³/mol. The van der Waals surface area contributed by atoms with Gasteiger partial charge in [-0.25, -0.2) is 0 Å². The Bertz CT molecular complexity index is 646. The maximum atomic E-state index is 12.5. The Balaban J connectivity index is 1.49. The van der Waals surface area contributed by atoms with E-state index < -0.39 is 11.4 Å². The number of carbonyl (C=O) groups is 2. The molecular formula is C19H25NO5. The average Bonchev–Trinajstić information content (AvgIpc) is 3.01. The SMILES string of the molecule is Cc1ccccc1OCCCC(=O)N1C[C@H]2COCC[C@@]2(C(=O)O)C1. The lowest BCUT2D eigenvalue weighted by Gasteiger charge is -2.33. The van der Waals surface area contributed by atoms with Crippen molar-refractivity contribution in [3.05, 3.63) is 29.8 Å². The Hall–Kier alpha value is -2.08. The number of fused-ring (bicyclic) bond motifs is 1. The number of rotatable bonds is 6. The monoisotopic (exact) mass is 347 g/mol. The number of para-hydroxylation sites is 1. The molecule has 2 atom stereocenters. The Labute approximate surface area is 147 Å². The highest BCUT2D eigenvalue weighted by molar-refractivity contribution is 5.81. The molecule has 0 saturated carbocycles. The lowest BCUT2D eigenvalue weighted by molar-refractivity contribution is -0.157. The van der Waals surface area contributed by atoms with Crippen molar-refractivity contribution in [1.29, 1.82) is 0 Å². The van der Waals surface area contributed by atoms with Gasteiger partial charge in [0.25, 0.3) is 0 Å². The van der Waals surface area contributed by atoms with Gasteiger partial charge in [0.1, 0.15) is 5.75 Å². The van der Waals surface area contributed by atoms with Crippen LogP contribution in [0.2, 0.25) is 0 Å². The number of aliphatic carboxylic acids is 1. The number of likely N-dealkylation sites (tertiary alicyclic amines) is 1. The highest BCUT2D eigenvalue weighted by atomic mass is 16.5. The highest BCUT2D eigenvalue weighted by Gasteiger charge is 2.54. The fourth-order valence-corrected chi connectivity index (χ4v) is 3.77. The number of carbonyl (C=O) groups excluding carboxylic acids is 1. The standard InChI is InChI=1S/C19H25NO5/c1-14-5-2-3-6-16(14)25-9-4-7-17(21)20-11-15-12-24-10-8-19(15,13-20)18(22)23/h2-3,5-6,15H,4,7-13H2,1H3,(H,22,23)/t15-,19+/m0/s1. The van der Waals surface area contributed by atoms with Gasteiger partial charge in [0.15, 0.2) is 0 Å². The highest BCUT2D eigenvalue weighted by Crippen LogP contribution is 2.42. The molecule has 2 aliphatic rings. The van der Waals surface area contributed by atoms with Gasteiger partial charge in [-0.3, -0.25) is 9.59 Å². The molecule has 1 aromatic rings. The summed E-state index contributed by atoms with van der Waals surface area (Å²) in [7, 11) is 0. The van der Waals surface area contributed by atoms with Gasteiger partial charge in [0, 0.05) is 32.0 Å². The van der Waals surface area contributed by atoms with Crippen LogP contribution in [0.15, 0.2) is 24.3 Å². The third-order valence-electron chi connectivity index (χ3n) is 5.37.